The second-order valence-corrected chi connectivity index (χ2v) is 19.4. The first kappa shape index (κ1) is 29.7. The van der Waals surface area contributed by atoms with Gasteiger partial charge in [-0.25, -0.2) is 0 Å². The van der Waals surface area contributed by atoms with E-state index in [1.54, 1.807) is 5.57 Å². The van der Waals surface area contributed by atoms with Crippen molar-refractivity contribution in [3.05, 3.63) is 11.6 Å². The molecule has 0 aliphatic heterocycles. The van der Waals surface area contributed by atoms with Crippen LogP contribution in [0.2, 0.25) is 19.1 Å². The van der Waals surface area contributed by atoms with Gasteiger partial charge in [0.25, 0.3) is 0 Å². The van der Waals surface area contributed by atoms with Crippen molar-refractivity contribution >= 4 is 8.32 Å². The van der Waals surface area contributed by atoms with Crippen LogP contribution in [0.5, 0.6) is 0 Å². The van der Waals surface area contributed by atoms with E-state index in [0.29, 0.717) is 5.41 Å². The Balaban J connectivity index is 1.40. The molecular formula is C32H55F3OSi. The van der Waals surface area contributed by atoms with Gasteiger partial charge in [-0.2, -0.15) is 13.2 Å². The third-order valence-corrected chi connectivity index (χ3v) is 14.2. The number of hydrogen-bond acceptors (Lipinski definition) is 1. The summed E-state index contributed by atoms with van der Waals surface area (Å²) in [5.41, 5.74) is 2.35. The molecule has 4 aliphatic carbocycles. The summed E-state index contributed by atoms with van der Waals surface area (Å²) in [6, 6.07) is 0.172. The molecule has 5 heteroatoms. The largest absolute Gasteiger partial charge is 0.414 e. The van der Waals surface area contributed by atoms with E-state index < -0.39 is 20.9 Å². The molecular weight excluding hydrogens is 485 g/mol. The predicted octanol–water partition coefficient (Wildman–Crippen LogP) is 10.6. The lowest BCUT2D eigenvalue weighted by Gasteiger charge is -2.58. The molecule has 3 fully saturated rings. The van der Waals surface area contributed by atoms with Gasteiger partial charge in [-0.3, -0.25) is 0 Å². The quantitative estimate of drug-likeness (QED) is 0.209. The summed E-state index contributed by atoms with van der Waals surface area (Å²) in [7, 11) is -2.33. The van der Waals surface area contributed by atoms with Crippen LogP contribution in [0.4, 0.5) is 13.2 Å². The fourth-order valence-corrected chi connectivity index (χ4v) is 11.8. The SMILES string of the molecule is CC(C)CCC[C@@H](C)[C@H]1CC[C@H]2[C@@H]3CC=C4CC(O[Si](C)(C)CCC(F)(F)F)CC[C@]4(C)[C@H]3CC[C@]12C. The van der Waals surface area contributed by atoms with Crippen molar-refractivity contribution in [1.29, 1.82) is 0 Å². The second kappa shape index (κ2) is 10.9. The summed E-state index contributed by atoms with van der Waals surface area (Å²) in [4.78, 5) is 0. The fraction of sp³-hybridized carbons (Fsp3) is 0.938. The van der Waals surface area contributed by atoms with Crippen LogP contribution in [0.3, 0.4) is 0 Å². The zero-order chi connectivity index (χ0) is 27.2. The highest BCUT2D eigenvalue weighted by molar-refractivity contribution is 6.71. The smallest absolute Gasteiger partial charge is 0.388 e. The Morgan fingerprint density at radius 3 is 2.41 bits per heavy atom. The van der Waals surface area contributed by atoms with Crippen molar-refractivity contribution in [2.75, 3.05) is 0 Å². The Labute approximate surface area is 226 Å². The highest BCUT2D eigenvalue weighted by Gasteiger charge is 2.59. The molecule has 1 nitrogen and oxygen atoms in total. The van der Waals surface area contributed by atoms with E-state index in [4.69, 9.17) is 4.43 Å². The van der Waals surface area contributed by atoms with Crippen molar-refractivity contribution in [2.45, 2.75) is 143 Å². The number of halogens is 3. The van der Waals surface area contributed by atoms with Gasteiger partial charge in [-0.15, -0.1) is 0 Å². The molecule has 4 rings (SSSR count). The maximum Gasteiger partial charge on any atom is 0.388 e. The number of fused-ring (bicyclic) bond motifs is 5. The Bertz CT molecular complexity index is 819. The van der Waals surface area contributed by atoms with Crippen molar-refractivity contribution < 1.29 is 17.6 Å². The average molecular weight is 541 g/mol. The summed E-state index contributed by atoms with van der Waals surface area (Å²) in [5.74, 6) is 4.99. The Morgan fingerprint density at radius 1 is 1.00 bits per heavy atom. The molecule has 0 amide bonds. The second-order valence-electron chi connectivity index (χ2n) is 15.1. The Hall–Kier alpha value is -0.293. The Kier molecular flexibility index (Phi) is 8.78. The lowest BCUT2D eigenvalue weighted by molar-refractivity contribution is -0.131. The van der Waals surface area contributed by atoms with Gasteiger partial charge < -0.3 is 4.43 Å². The van der Waals surface area contributed by atoms with Crippen molar-refractivity contribution in [2.24, 2.45) is 46.3 Å². The van der Waals surface area contributed by atoms with Crippen LogP contribution >= 0.6 is 0 Å². The van der Waals surface area contributed by atoms with Crippen molar-refractivity contribution in [3.8, 4) is 0 Å². The molecule has 0 radical (unpaired) electrons. The van der Waals surface area contributed by atoms with Gasteiger partial charge in [-0.05, 0) is 117 Å². The number of allylic oxidation sites excluding steroid dienone is 1. The van der Waals surface area contributed by atoms with E-state index in [-0.39, 0.29) is 17.6 Å². The van der Waals surface area contributed by atoms with Crippen LogP contribution in [0.25, 0.3) is 0 Å². The first-order valence-electron chi connectivity index (χ1n) is 15.6. The molecule has 37 heavy (non-hydrogen) atoms. The molecule has 0 saturated heterocycles. The van der Waals surface area contributed by atoms with E-state index in [9.17, 15) is 13.2 Å². The molecule has 0 bridgehead atoms. The molecule has 0 heterocycles. The topological polar surface area (TPSA) is 9.23 Å². The molecule has 1 unspecified atom stereocenters. The lowest BCUT2D eigenvalue weighted by Crippen LogP contribution is -2.51. The number of alkyl halides is 3. The molecule has 0 spiro atoms. The zero-order valence-electron chi connectivity index (χ0n) is 24.9. The maximum atomic E-state index is 12.8. The highest BCUT2D eigenvalue weighted by atomic mass is 28.4. The summed E-state index contributed by atoms with van der Waals surface area (Å²) in [6.07, 6.45) is 11.9. The summed E-state index contributed by atoms with van der Waals surface area (Å²) >= 11 is 0. The third kappa shape index (κ3) is 6.39. The van der Waals surface area contributed by atoms with Crippen LogP contribution in [-0.2, 0) is 4.43 Å². The van der Waals surface area contributed by atoms with E-state index in [2.05, 4.69) is 40.7 Å². The molecule has 0 aromatic carbocycles. The molecule has 0 aromatic heterocycles. The van der Waals surface area contributed by atoms with Gasteiger partial charge in [0.2, 0.25) is 0 Å². The van der Waals surface area contributed by atoms with Gasteiger partial charge in [-0.1, -0.05) is 65.5 Å². The van der Waals surface area contributed by atoms with Gasteiger partial charge in [0.1, 0.15) is 0 Å². The minimum absolute atomic E-state index is 0.113. The molecule has 8 atom stereocenters. The normalized spacial score (nSPS) is 39.1. The van der Waals surface area contributed by atoms with E-state index in [1.165, 1.54) is 51.4 Å². The highest BCUT2D eigenvalue weighted by Crippen LogP contribution is 2.67. The number of hydrogen-bond donors (Lipinski definition) is 0. The van der Waals surface area contributed by atoms with Crippen LogP contribution in [-0.4, -0.2) is 20.6 Å². The van der Waals surface area contributed by atoms with E-state index >= 15 is 0 Å². The summed E-state index contributed by atoms with van der Waals surface area (Å²) < 4.78 is 44.9. The lowest BCUT2D eigenvalue weighted by atomic mass is 9.47. The predicted molar refractivity (Wildman–Crippen MR) is 151 cm³/mol. The minimum Gasteiger partial charge on any atom is -0.414 e. The van der Waals surface area contributed by atoms with Crippen LogP contribution in [0, 0.1) is 46.3 Å². The maximum absolute atomic E-state index is 12.8. The summed E-state index contributed by atoms with van der Waals surface area (Å²) in [6.45, 7) is 16.4. The molecule has 214 valence electrons. The van der Waals surface area contributed by atoms with Gasteiger partial charge in [0.05, 0.1) is 0 Å². The summed E-state index contributed by atoms with van der Waals surface area (Å²) in [5, 5.41) is 0. The first-order chi connectivity index (χ1) is 17.1. The van der Waals surface area contributed by atoms with Gasteiger partial charge in [0.15, 0.2) is 8.32 Å². The van der Waals surface area contributed by atoms with E-state index in [0.717, 1.165) is 54.8 Å². The average Bonchev–Trinajstić information content (AvgIpc) is 3.14. The zero-order valence-corrected chi connectivity index (χ0v) is 25.9. The first-order valence-corrected chi connectivity index (χ1v) is 18.7. The minimum atomic E-state index is -4.08. The van der Waals surface area contributed by atoms with Gasteiger partial charge in [0, 0.05) is 12.5 Å². The Morgan fingerprint density at radius 2 is 1.73 bits per heavy atom. The third-order valence-electron chi connectivity index (χ3n) is 11.8. The molecule has 4 aliphatic rings. The van der Waals surface area contributed by atoms with Crippen LogP contribution in [0.1, 0.15) is 112 Å². The molecule has 0 aromatic rings. The fourth-order valence-electron chi connectivity index (χ4n) is 9.71. The van der Waals surface area contributed by atoms with E-state index in [1.807, 2.05) is 13.1 Å². The van der Waals surface area contributed by atoms with Crippen molar-refractivity contribution in [3.63, 3.8) is 0 Å². The van der Waals surface area contributed by atoms with Crippen molar-refractivity contribution in [1.82, 2.24) is 0 Å². The monoisotopic (exact) mass is 540 g/mol. The molecule has 3 saturated carbocycles. The number of rotatable bonds is 9. The van der Waals surface area contributed by atoms with Gasteiger partial charge >= 0.3 is 6.18 Å². The van der Waals surface area contributed by atoms with Crippen LogP contribution in [0.15, 0.2) is 11.6 Å². The van der Waals surface area contributed by atoms with Crippen LogP contribution < -0.4 is 0 Å². The molecule has 0 N–H and O–H groups in total. The standard InChI is InChI=1S/C32H55F3OSi/c1-22(2)9-8-10-23(3)27-13-14-28-26-12-11-24-21-25(36-37(6,7)20-19-32(33,34)35)15-17-30(24,4)29(26)16-18-31(27,28)5/h11,22-23,25-29H,8-10,12-21H2,1-7H3/t23-,25?,26+,27-,28+,29+,30+,31-/m1/s1.